The zero-order valence-corrected chi connectivity index (χ0v) is 13.1. The summed E-state index contributed by atoms with van der Waals surface area (Å²) < 4.78 is 5.65. The van der Waals surface area contributed by atoms with Gasteiger partial charge in [-0.05, 0) is 26.4 Å². The van der Waals surface area contributed by atoms with Crippen LogP contribution in [0.2, 0.25) is 10.2 Å². The molecule has 1 fully saturated rings. The van der Waals surface area contributed by atoms with Gasteiger partial charge in [-0.3, -0.25) is 0 Å². The summed E-state index contributed by atoms with van der Waals surface area (Å²) in [5, 5.41) is 0.742. The Kier molecular flexibility index (Phi) is 8.31. The molecule has 0 spiro atoms. The zero-order valence-electron chi connectivity index (χ0n) is 9.94. The molecule has 104 valence electrons. The van der Waals surface area contributed by atoms with Crippen LogP contribution in [0, 0.1) is 0 Å². The maximum absolute atomic E-state index is 5.85. The minimum atomic E-state index is 0. The van der Waals surface area contributed by atoms with Crippen LogP contribution in [0.3, 0.4) is 0 Å². The fourth-order valence-corrected chi connectivity index (χ4v) is 2.12. The van der Waals surface area contributed by atoms with Crippen LogP contribution in [0.5, 0.6) is 5.75 Å². The van der Waals surface area contributed by atoms with Crippen LogP contribution in [0.1, 0.15) is 12.8 Å². The third-order valence-electron chi connectivity index (χ3n) is 2.89. The van der Waals surface area contributed by atoms with Crippen molar-refractivity contribution in [3.63, 3.8) is 0 Å². The molecule has 1 aromatic rings. The Morgan fingerprint density at radius 1 is 1.44 bits per heavy atom. The highest BCUT2D eigenvalue weighted by Gasteiger charge is 2.21. The van der Waals surface area contributed by atoms with Crippen LogP contribution in [-0.2, 0) is 0 Å². The van der Waals surface area contributed by atoms with Gasteiger partial charge in [-0.25, -0.2) is 4.98 Å². The van der Waals surface area contributed by atoms with Gasteiger partial charge in [0.1, 0.15) is 17.5 Å². The average molecular weight is 334 g/mol. The van der Waals surface area contributed by atoms with Crippen LogP contribution >= 0.6 is 48.0 Å². The Bertz CT molecular complexity index is 378. The van der Waals surface area contributed by atoms with E-state index in [9.17, 15) is 0 Å². The molecule has 0 N–H and O–H groups in total. The maximum atomic E-state index is 5.85. The van der Waals surface area contributed by atoms with Gasteiger partial charge in [-0.15, -0.1) is 24.8 Å². The van der Waals surface area contributed by atoms with E-state index in [0.29, 0.717) is 28.6 Å². The van der Waals surface area contributed by atoms with Crippen molar-refractivity contribution in [3.05, 3.63) is 22.4 Å². The predicted octanol–water partition coefficient (Wildman–Crippen LogP) is 3.71. The summed E-state index contributed by atoms with van der Waals surface area (Å²) in [7, 11) is 2.12. The fraction of sp³-hybridized carbons (Fsp3) is 0.545. The summed E-state index contributed by atoms with van der Waals surface area (Å²) in [4.78, 5) is 6.25. The number of likely N-dealkylation sites (N-methyl/N-ethyl adjacent to an activating group) is 1. The quantitative estimate of drug-likeness (QED) is 0.788. The molecule has 0 unspecified atom stereocenters. The molecule has 1 aliphatic heterocycles. The van der Waals surface area contributed by atoms with Crippen molar-refractivity contribution in [2.24, 2.45) is 0 Å². The average Bonchev–Trinajstić information content (AvgIpc) is 2.66. The van der Waals surface area contributed by atoms with Gasteiger partial charge in [0.15, 0.2) is 0 Å². The monoisotopic (exact) mass is 332 g/mol. The molecular formula is C11H16Cl4N2O. The number of likely N-dealkylation sites (tertiary alicyclic amines) is 1. The first kappa shape index (κ1) is 18.1. The molecule has 0 aromatic carbocycles. The van der Waals surface area contributed by atoms with Crippen molar-refractivity contribution in [2.45, 2.75) is 18.9 Å². The number of hydrogen-bond acceptors (Lipinski definition) is 3. The van der Waals surface area contributed by atoms with E-state index in [2.05, 4.69) is 16.9 Å². The summed E-state index contributed by atoms with van der Waals surface area (Å²) in [6.45, 7) is 1.82. The van der Waals surface area contributed by atoms with Crippen molar-refractivity contribution in [2.75, 3.05) is 20.2 Å². The topological polar surface area (TPSA) is 25.4 Å². The molecule has 1 atom stereocenters. The van der Waals surface area contributed by atoms with Crippen LogP contribution < -0.4 is 4.74 Å². The molecule has 2 rings (SSSR count). The number of rotatable bonds is 3. The molecule has 3 nitrogen and oxygen atoms in total. The Labute approximate surface area is 130 Å². The number of pyridine rings is 1. The molecular weight excluding hydrogens is 318 g/mol. The fourth-order valence-electron chi connectivity index (χ4n) is 1.86. The maximum Gasteiger partial charge on any atom is 0.147 e. The SMILES string of the molecule is CN1CCC[C@@H]1COc1cnc(Cl)c(Cl)c1.Cl.Cl. The molecule has 0 radical (unpaired) electrons. The number of aromatic nitrogens is 1. The van der Waals surface area contributed by atoms with Crippen LogP contribution in [0.15, 0.2) is 12.3 Å². The lowest BCUT2D eigenvalue weighted by Gasteiger charge is -2.19. The lowest BCUT2D eigenvalue weighted by Crippen LogP contribution is -2.30. The van der Waals surface area contributed by atoms with Gasteiger partial charge in [0, 0.05) is 12.1 Å². The third kappa shape index (κ3) is 4.63. The molecule has 0 amide bonds. The molecule has 1 aliphatic rings. The van der Waals surface area contributed by atoms with Crippen molar-refractivity contribution < 1.29 is 4.74 Å². The highest BCUT2D eigenvalue weighted by molar-refractivity contribution is 6.41. The second-order valence-corrected chi connectivity index (χ2v) is 4.80. The number of halogens is 4. The number of ether oxygens (including phenoxy) is 1. The summed E-state index contributed by atoms with van der Waals surface area (Å²) in [5.41, 5.74) is 0. The molecule has 1 saturated heterocycles. The van der Waals surface area contributed by atoms with Crippen molar-refractivity contribution in [3.8, 4) is 5.75 Å². The molecule has 0 saturated carbocycles. The van der Waals surface area contributed by atoms with Crippen molar-refractivity contribution >= 4 is 48.0 Å². The Morgan fingerprint density at radius 2 is 2.17 bits per heavy atom. The first-order valence-electron chi connectivity index (χ1n) is 5.31. The van der Waals surface area contributed by atoms with Gasteiger partial charge in [0.2, 0.25) is 0 Å². The van der Waals surface area contributed by atoms with E-state index in [4.69, 9.17) is 27.9 Å². The standard InChI is InChI=1S/C11H14Cl2N2O.2ClH/c1-15-4-2-3-8(15)7-16-9-5-10(12)11(13)14-6-9;;/h5-6,8H,2-4,7H2,1H3;2*1H/t8-;;/m1../s1. The summed E-state index contributed by atoms with van der Waals surface area (Å²) in [6.07, 6.45) is 4.03. The summed E-state index contributed by atoms with van der Waals surface area (Å²) >= 11 is 11.6. The lowest BCUT2D eigenvalue weighted by molar-refractivity contribution is 0.198. The largest absolute Gasteiger partial charge is 0.490 e. The summed E-state index contributed by atoms with van der Waals surface area (Å²) in [5.74, 6) is 0.676. The smallest absolute Gasteiger partial charge is 0.147 e. The van der Waals surface area contributed by atoms with E-state index in [1.165, 1.54) is 12.8 Å². The normalized spacial score (nSPS) is 18.9. The third-order valence-corrected chi connectivity index (χ3v) is 3.57. The number of nitrogens with zero attached hydrogens (tertiary/aromatic N) is 2. The first-order chi connectivity index (χ1) is 7.66. The predicted molar refractivity (Wildman–Crippen MR) is 79.9 cm³/mol. The van der Waals surface area contributed by atoms with E-state index in [1.807, 2.05) is 0 Å². The highest BCUT2D eigenvalue weighted by Crippen LogP contribution is 2.24. The molecule has 2 heterocycles. The van der Waals surface area contributed by atoms with E-state index >= 15 is 0 Å². The Morgan fingerprint density at radius 3 is 2.72 bits per heavy atom. The van der Waals surface area contributed by atoms with E-state index in [-0.39, 0.29) is 24.8 Å². The first-order valence-corrected chi connectivity index (χ1v) is 6.06. The second kappa shape index (κ2) is 8.28. The number of hydrogen-bond donors (Lipinski definition) is 0. The Hall–Kier alpha value is 0.0700. The van der Waals surface area contributed by atoms with Gasteiger partial charge in [-0.2, -0.15) is 0 Å². The molecule has 7 heteroatoms. The van der Waals surface area contributed by atoms with Crippen molar-refractivity contribution in [1.29, 1.82) is 0 Å². The molecule has 1 aromatic heterocycles. The molecule has 0 aliphatic carbocycles. The summed E-state index contributed by atoms with van der Waals surface area (Å²) in [6, 6.07) is 2.20. The van der Waals surface area contributed by atoms with E-state index < -0.39 is 0 Å². The van der Waals surface area contributed by atoms with Crippen LogP contribution in [-0.4, -0.2) is 36.1 Å². The van der Waals surface area contributed by atoms with Gasteiger partial charge >= 0.3 is 0 Å². The second-order valence-electron chi connectivity index (χ2n) is 4.03. The lowest BCUT2D eigenvalue weighted by atomic mass is 10.2. The van der Waals surface area contributed by atoms with Gasteiger partial charge < -0.3 is 9.64 Å². The van der Waals surface area contributed by atoms with Crippen LogP contribution in [0.25, 0.3) is 0 Å². The minimum Gasteiger partial charge on any atom is -0.490 e. The molecule has 0 bridgehead atoms. The van der Waals surface area contributed by atoms with Gasteiger partial charge in [-0.1, -0.05) is 23.2 Å². The zero-order chi connectivity index (χ0) is 11.5. The Balaban J connectivity index is 0.00000144. The molecule has 18 heavy (non-hydrogen) atoms. The van der Waals surface area contributed by atoms with E-state index in [0.717, 1.165) is 6.54 Å². The minimum absolute atomic E-state index is 0. The van der Waals surface area contributed by atoms with E-state index in [1.54, 1.807) is 12.3 Å². The van der Waals surface area contributed by atoms with Gasteiger partial charge in [0.25, 0.3) is 0 Å². The van der Waals surface area contributed by atoms with Gasteiger partial charge in [0.05, 0.1) is 11.2 Å². The highest BCUT2D eigenvalue weighted by atomic mass is 35.5. The van der Waals surface area contributed by atoms with Crippen LogP contribution in [0.4, 0.5) is 0 Å². The van der Waals surface area contributed by atoms with Crippen molar-refractivity contribution in [1.82, 2.24) is 9.88 Å².